The van der Waals surface area contributed by atoms with Crippen molar-refractivity contribution in [3.63, 3.8) is 0 Å². The Hall–Kier alpha value is -3.33. The molecule has 0 saturated heterocycles. The van der Waals surface area contributed by atoms with Crippen molar-refractivity contribution >= 4 is 32.7 Å². The SMILES string of the molecule is [2H]C([2H])(c1ccc2c(c1)oc1c3cc[n+](C)c4c3c(cc21)Oc1c(C)cc(C)c(C)c1-4)C(C)(C)C. The molecule has 0 bridgehead atoms. The van der Waals surface area contributed by atoms with E-state index >= 15 is 0 Å². The third kappa shape index (κ3) is 2.91. The molecule has 0 unspecified atom stereocenters. The smallest absolute Gasteiger partial charge is 0.228 e. The van der Waals surface area contributed by atoms with Crippen LogP contribution < -0.4 is 9.30 Å². The van der Waals surface area contributed by atoms with Crippen LogP contribution >= 0.6 is 0 Å². The van der Waals surface area contributed by atoms with Gasteiger partial charge in [0.2, 0.25) is 5.69 Å². The number of nitrogens with zero attached hydrogens (tertiary/aromatic N) is 1. The lowest BCUT2D eigenvalue weighted by atomic mass is 9.88. The lowest BCUT2D eigenvalue weighted by molar-refractivity contribution is -0.659. The van der Waals surface area contributed by atoms with Crippen LogP contribution in [0.1, 0.15) is 45.8 Å². The Labute approximate surface area is 197 Å². The molecular weight excluding hydrogens is 406 g/mol. The van der Waals surface area contributed by atoms with E-state index in [1.54, 1.807) is 0 Å². The van der Waals surface area contributed by atoms with Gasteiger partial charge in [0.15, 0.2) is 6.20 Å². The van der Waals surface area contributed by atoms with Gasteiger partial charge in [-0.3, -0.25) is 0 Å². The van der Waals surface area contributed by atoms with Crippen LogP contribution in [0.3, 0.4) is 0 Å². The molecule has 3 heterocycles. The van der Waals surface area contributed by atoms with Gasteiger partial charge in [0, 0.05) is 25.0 Å². The quantitative estimate of drug-likeness (QED) is 0.244. The molecule has 0 N–H and O–H groups in total. The van der Waals surface area contributed by atoms with Gasteiger partial charge in [-0.2, -0.15) is 0 Å². The molecule has 3 aromatic carbocycles. The molecule has 0 atom stereocenters. The fraction of sp³-hybridized carbons (Fsp3) is 0.300. The minimum Gasteiger partial charge on any atom is -0.455 e. The van der Waals surface area contributed by atoms with Crippen LogP contribution in [0.4, 0.5) is 0 Å². The summed E-state index contributed by atoms with van der Waals surface area (Å²) < 4.78 is 32.7. The zero-order valence-electron chi connectivity index (χ0n) is 22.3. The van der Waals surface area contributed by atoms with Crippen molar-refractivity contribution in [2.75, 3.05) is 0 Å². The Morgan fingerprint density at radius 3 is 2.48 bits per heavy atom. The van der Waals surface area contributed by atoms with Crippen molar-refractivity contribution < 1.29 is 16.5 Å². The van der Waals surface area contributed by atoms with Crippen molar-refractivity contribution in [3.05, 3.63) is 64.8 Å². The summed E-state index contributed by atoms with van der Waals surface area (Å²) in [7, 11) is 2.08. The minimum absolute atomic E-state index is 0.539. The molecule has 5 aromatic rings. The van der Waals surface area contributed by atoms with Crippen molar-refractivity contribution in [1.29, 1.82) is 0 Å². The number of hydrogen-bond donors (Lipinski definition) is 0. The van der Waals surface area contributed by atoms with E-state index in [4.69, 9.17) is 11.9 Å². The van der Waals surface area contributed by atoms with E-state index in [2.05, 4.69) is 56.8 Å². The summed E-state index contributed by atoms with van der Waals surface area (Å²) in [5.74, 6) is 1.74. The average Bonchev–Trinajstić information content (AvgIpc) is 3.15. The third-order valence-corrected chi connectivity index (χ3v) is 6.77. The Kier molecular flexibility index (Phi) is 3.63. The highest BCUT2D eigenvalue weighted by molar-refractivity contribution is 6.19. The topological polar surface area (TPSA) is 26.2 Å². The lowest BCUT2D eigenvalue weighted by Crippen LogP contribution is -2.32. The molecule has 3 nitrogen and oxygen atoms in total. The summed E-state index contributed by atoms with van der Waals surface area (Å²) in [5, 5.41) is 4.00. The van der Waals surface area contributed by atoms with Gasteiger partial charge in [-0.1, -0.05) is 39.0 Å². The number of benzene rings is 3. The summed E-state index contributed by atoms with van der Waals surface area (Å²) in [5.41, 5.74) is 7.45. The highest BCUT2D eigenvalue weighted by Gasteiger charge is 2.32. The molecule has 1 aliphatic heterocycles. The predicted molar refractivity (Wildman–Crippen MR) is 135 cm³/mol. The van der Waals surface area contributed by atoms with Crippen LogP contribution in [0.15, 0.2) is 47.0 Å². The van der Waals surface area contributed by atoms with E-state index < -0.39 is 11.8 Å². The second kappa shape index (κ2) is 6.60. The van der Waals surface area contributed by atoms with Crippen molar-refractivity contribution in [3.8, 4) is 22.8 Å². The second-order valence-corrected chi connectivity index (χ2v) is 10.4. The zero-order chi connectivity index (χ0) is 25.0. The maximum Gasteiger partial charge on any atom is 0.228 e. The van der Waals surface area contributed by atoms with E-state index in [1.165, 1.54) is 11.1 Å². The van der Waals surface area contributed by atoms with Crippen LogP contribution in [0.25, 0.3) is 44.0 Å². The summed E-state index contributed by atoms with van der Waals surface area (Å²) in [6, 6.07) is 12.1. The molecule has 0 amide bonds. The predicted octanol–water partition coefficient (Wildman–Crippen LogP) is 7.85. The summed E-state index contributed by atoms with van der Waals surface area (Å²) in [6.45, 7) is 12.2. The molecule has 2 aromatic heterocycles. The van der Waals surface area contributed by atoms with Gasteiger partial charge in [-0.05, 0) is 66.9 Å². The third-order valence-electron chi connectivity index (χ3n) is 6.77. The van der Waals surface area contributed by atoms with Crippen molar-refractivity contribution in [2.45, 2.75) is 47.9 Å². The van der Waals surface area contributed by atoms with E-state index in [-0.39, 0.29) is 0 Å². The van der Waals surface area contributed by atoms with E-state index in [9.17, 15) is 0 Å². The van der Waals surface area contributed by atoms with Gasteiger partial charge in [0.1, 0.15) is 35.1 Å². The molecular formula is C30H30NO2+. The van der Waals surface area contributed by atoms with Crippen LogP contribution in [0, 0.1) is 26.2 Å². The van der Waals surface area contributed by atoms with E-state index in [0.717, 1.165) is 55.4 Å². The van der Waals surface area contributed by atoms with Gasteiger partial charge in [-0.15, -0.1) is 0 Å². The summed E-state index contributed by atoms with van der Waals surface area (Å²) >= 11 is 0. The first kappa shape index (κ1) is 18.1. The maximum absolute atomic E-state index is 8.72. The Morgan fingerprint density at radius 2 is 1.73 bits per heavy atom. The first-order chi connectivity index (χ1) is 16.4. The Balaban J connectivity index is 1.70. The number of aryl methyl sites for hydroxylation is 3. The fourth-order valence-corrected chi connectivity index (χ4v) is 5.23. The molecule has 0 fully saturated rings. The molecule has 6 rings (SSSR count). The average molecular weight is 439 g/mol. The second-order valence-electron chi connectivity index (χ2n) is 10.4. The van der Waals surface area contributed by atoms with Crippen LogP contribution in [-0.4, -0.2) is 0 Å². The first-order valence-electron chi connectivity index (χ1n) is 12.5. The molecule has 1 aliphatic rings. The monoisotopic (exact) mass is 438 g/mol. The maximum atomic E-state index is 8.72. The van der Waals surface area contributed by atoms with Gasteiger partial charge in [-0.25, -0.2) is 4.57 Å². The standard InChI is InChI=1S/C30H30NO2/c1-16-12-17(2)28-25(18(16)3)27-26-21(10-11-31(27)7)29-22(14-24(26)33-28)20-9-8-19(13-23(20)32-29)15-30(4,5)6/h8-14H,15H2,1-7H3/q+1/i15D2. The molecule has 0 aliphatic carbocycles. The van der Waals surface area contributed by atoms with Crippen LogP contribution in [-0.2, 0) is 13.4 Å². The summed E-state index contributed by atoms with van der Waals surface area (Å²) in [4.78, 5) is 0. The normalized spacial score (nSPS) is 14.4. The molecule has 0 radical (unpaired) electrons. The van der Waals surface area contributed by atoms with E-state index in [0.29, 0.717) is 11.1 Å². The Morgan fingerprint density at radius 1 is 0.939 bits per heavy atom. The van der Waals surface area contributed by atoms with Gasteiger partial charge < -0.3 is 9.15 Å². The number of hydrogen-bond acceptors (Lipinski definition) is 2. The molecule has 0 saturated carbocycles. The highest BCUT2D eigenvalue weighted by atomic mass is 16.5. The number of aromatic nitrogens is 1. The highest BCUT2D eigenvalue weighted by Crippen LogP contribution is 2.51. The largest absolute Gasteiger partial charge is 0.455 e. The lowest BCUT2D eigenvalue weighted by Gasteiger charge is -2.23. The number of furan rings is 1. The minimum atomic E-state index is -1.49. The van der Waals surface area contributed by atoms with Gasteiger partial charge in [0.25, 0.3) is 0 Å². The van der Waals surface area contributed by atoms with Gasteiger partial charge in [0.05, 0.1) is 5.56 Å². The number of ether oxygens (including phenoxy) is 1. The first-order valence-corrected chi connectivity index (χ1v) is 11.5. The number of rotatable bonds is 1. The number of fused-ring (bicyclic) bond motifs is 6. The Bertz CT molecular complexity index is 1720. The molecule has 3 heteroatoms. The molecule has 166 valence electrons. The van der Waals surface area contributed by atoms with Crippen LogP contribution in [0.5, 0.6) is 11.5 Å². The molecule has 33 heavy (non-hydrogen) atoms. The van der Waals surface area contributed by atoms with E-state index in [1.807, 2.05) is 39.0 Å². The summed E-state index contributed by atoms with van der Waals surface area (Å²) in [6.07, 6.45) is 0.596. The van der Waals surface area contributed by atoms with Gasteiger partial charge >= 0.3 is 0 Å². The fourth-order valence-electron chi connectivity index (χ4n) is 5.23. The van der Waals surface area contributed by atoms with Crippen LogP contribution in [0.2, 0.25) is 0 Å². The van der Waals surface area contributed by atoms with Crippen molar-refractivity contribution in [1.82, 2.24) is 0 Å². The van der Waals surface area contributed by atoms with Crippen molar-refractivity contribution in [2.24, 2.45) is 12.5 Å². The molecule has 0 spiro atoms. The zero-order valence-corrected chi connectivity index (χ0v) is 20.3. The number of pyridine rings is 1.